The summed E-state index contributed by atoms with van der Waals surface area (Å²) in [5.74, 6) is 0. The second-order valence-electron chi connectivity index (χ2n) is 4.17. The molecule has 0 fully saturated rings. The highest BCUT2D eigenvalue weighted by Gasteiger charge is 2.18. The number of hydrogen-bond donors (Lipinski definition) is 3. The highest BCUT2D eigenvalue weighted by atomic mass is 32.2. The van der Waals surface area contributed by atoms with Gasteiger partial charge in [-0.05, 0) is 29.3 Å². The van der Waals surface area contributed by atoms with E-state index in [2.05, 4.69) is 5.32 Å². The fraction of sp³-hybridized carbons (Fsp3) is 0.143. The molecule has 3 N–H and O–H groups in total. The van der Waals surface area contributed by atoms with Crippen molar-refractivity contribution in [3.05, 3.63) is 47.5 Å². The predicted molar refractivity (Wildman–Crippen MR) is 72.1 cm³/mol. The first-order valence-electron chi connectivity index (χ1n) is 5.73. The third-order valence-corrected chi connectivity index (χ3v) is 4.24. The van der Waals surface area contributed by atoms with Crippen LogP contribution in [0, 0.1) is 0 Å². The number of hydrogen-bond acceptors (Lipinski definition) is 4. The molecule has 0 unspecified atom stereocenters. The summed E-state index contributed by atoms with van der Waals surface area (Å²) >= 11 is 1.65. The molecule has 1 heterocycles. The molecule has 0 amide bonds. The van der Waals surface area contributed by atoms with Crippen LogP contribution >= 0.6 is 11.8 Å². The van der Waals surface area contributed by atoms with Gasteiger partial charge in [0.15, 0.2) is 0 Å². The van der Waals surface area contributed by atoms with Crippen molar-refractivity contribution in [3.8, 4) is 0 Å². The van der Waals surface area contributed by atoms with Crippen LogP contribution in [0.4, 0.5) is 11.4 Å². The molecule has 0 saturated heterocycles. The monoisotopic (exact) mass is 259 g/mol. The van der Waals surface area contributed by atoms with Gasteiger partial charge in [-0.2, -0.15) is 0 Å². The Morgan fingerprint density at radius 2 is 1.89 bits per heavy atom. The van der Waals surface area contributed by atoms with E-state index in [1.54, 1.807) is 11.8 Å². The van der Waals surface area contributed by atoms with Crippen LogP contribution in [0.15, 0.2) is 46.2 Å². The first-order chi connectivity index (χ1) is 8.81. The quantitative estimate of drug-likeness (QED) is 0.662. The zero-order valence-corrected chi connectivity index (χ0v) is 10.5. The van der Waals surface area contributed by atoms with Crippen LogP contribution in [0.25, 0.3) is 0 Å². The van der Waals surface area contributed by atoms with Gasteiger partial charge in [0.2, 0.25) is 0 Å². The minimum atomic E-state index is 0.0436. The number of aliphatic hydroxyl groups excluding tert-OH is 2. The minimum absolute atomic E-state index is 0.0436. The molecule has 0 atom stereocenters. The van der Waals surface area contributed by atoms with Crippen molar-refractivity contribution >= 4 is 23.1 Å². The average Bonchev–Trinajstić information content (AvgIpc) is 2.43. The second kappa shape index (κ2) is 4.65. The molecular formula is C14H13NO2S. The highest BCUT2D eigenvalue weighted by Crippen LogP contribution is 2.45. The van der Waals surface area contributed by atoms with Gasteiger partial charge in [0.1, 0.15) is 0 Å². The molecule has 92 valence electrons. The van der Waals surface area contributed by atoms with Crippen LogP contribution < -0.4 is 5.32 Å². The zero-order valence-electron chi connectivity index (χ0n) is 9.68. The minimum Gasteiger partial charge on any atom is -0.392 e. The first kappa shape index (κ1) is 11.6. The van der Waals surface area contributed by atoms with Crippen molar-refractivity contribution in [2.75, 3.05) is 5.32 Å². The molecule has 4 heteroatoms. The maximum atomic E-state index is 9.35. The second-order valence-corrected chi connectivity index (χ2v) is 5.22. The van der Waals surface area contributed by atoms with Crippen LogP contribution in [-0.4, -0.2) is 10.2 Å². The van der Waals surface area contributed by atoms with Crippen LogP contribution in [0.3, 0.4) is 0 Å². The summed E-state index contributed by atoms with van der Waals surface area (Å²) in [5.41, 5.74) is 3.84. The molecule has 0 spiro atoms. The largest absolute Gasteiger partial charge is 0.392 e. The summed E-state index contributed by atoms with van der Waals surface area (Å²) in [6.45, 7) is 0.0884. The lowest BCUT2D eigenvalue weighted by atomic mass is 10.1. The third-order valence-electron chi connectivity index (χ3n) is 2.97. The van der Waals surface area contributed by atoms with Crippen molar-refractivity contribution in [1.29, 1.82) is 0 Å². The van der Waals surface area contributed by atoms with E-state index < -0.39 is 0 Å². The first-order valence-corrected chi connectivity index (χ1v) is 6.55. The van der Waals surface area contributed by atoms with Crippen molar-refractivity contribution in [1.82, 2.24) is 0 Å². The SMILES string of the molecule is OCc1ccc2c(c1)Nc1cccc(CO)c1S2. The number of rotatable bonds is 2. The van der Waals surface area contributed by atoms with Crippen molar-refractivity contribution in [2.24, 2.45) is 0 Å². The molecule has 0 saturated carbocycles. The topological polar surface area (TPSA) is 52.5 Å². The summed E-state index contributed by atoms with van der Waals surface area (Å²) < 4.78 is 0. The predicted octanol–water partition coefficient (Wildman–Crippen LogP) is 2.88. The summed E-state index contributed by atoms with van der Waals surface area (Å²) in [6.07, 6.45) is 0. The number of fused-ring (bicyclic) bond motifs is 2. The molecule has 1 aliphatic heterocycles. The highest BCUT2D eigenvalue weighted by molar-refractivity contribution is 7.99. The standard InChI is InChI=1S/C14H13NO2S/c16-7-9-4-5-13-12(6-9)15-11-3-1-2-10(8-17)14(11)18-13/h1-6,15-17H,7-8H2. The lowest BCUT2D eigenvalue weighted by Crippen LogP contribution is -2.03. The Hall–Kier alpha value is -1.49. The molecule has 3 rings (SSSR count). The van der Waals surface area contributed by atoms with Gasteiger partial charge in [0.25, 0.3) is 0 Å². The van der Waals surface area contributed by atoms with E-state index in [0.29, 0.717) is 0 Å². The Balaban J connectivity index is 2.06. The molecule has 0 radical (unpaired) electrons. The van der Waals surface area contributed by atoms with Gasteiger partial charge in [-0.1, -0.05) is 30.0 Å². The Labute approximate surface area is 109 Å². The van der Waals surface area contributed by atoms with Gasteiger partial charge < -0.3 is 15.5 Å². The Kier molecular flexibility index (Phi) is 2.99. The van der Waals surface area contributed by atoms with Crippen molar-refractivity contribution in [3.63, 3.8) is 0 Å². The van der Waals surface area contributed by atoms with E-state index in [9.17, 15) is 5.11 Å². The lowest BCUT2D eigenvalue weighted by Gasteiger charge is -2.23. The lowest BCUT2D eigenvalue weighted by molar-refractivity contribution is 0.279. The van der Waals surface area contributed by atoms with Crippen LogP contribution in [0.5, 0.6) is 0 Å². The molecular weight excluding hydrogens is 246 g/mol. The molecule has 2 aromatic carbocycles. The van der Waals surface area contributed by atoms with Crippen molar-refractivity contribution < 1.29 is 10.2 Å². The van der Waals surface area contributed by atoms with Gasteiger partial charge in [0, 0.05) is 9.79 Å². The van der Waals surface area contributed by atoms with Gasteiger partial charge >= 0.3 is 0 Å². The van der Waals surface area contributed by atoms with E-state index in [1.807, 2.05) is 36.4 Å². The van der Waals surface area contributed by atoms with E-state index in [4.69, 9.17) is 5.11 Å². The van der Waals surface area contributed by atoms with Gasteiger partial charge in [-0.15, -0.1) is 0 Å². The normalized spacial score (nSPS) is 12.6. The van der Waals surface area contributed by atoms with E-state index >= 15 is 0 Å². The van der Waals surface area contributed by atoms with E-state index in [1.165, 1.54) is 0 Å². The van der Waals surface area contributed by atoms with Crippen LogP contribution in [-0.2, 0) is 13.2 Å². The van der Waals surface area contributed by atoms with E-state index in [-0.39, 0.29) is 13.2 Å². The summed E-state index contributed by atoms with van der Waals surface area (Å²) in [4.78, 5) is 2.19. The smallest absolute Gasteiger partial charge is 0.0693 e. The molecule has 0 aromatic heterocycles. The number of nitrogens with one attached hydrogen (secondary N) is 1. The molecule has 18 heavy (non-hydrogen) atoms. The molecule has 0 bridgehead atoms. The number of anilines is 2. The molecule has 0 aliphatic carbocycles. The Morgan fingerprint density at radius 1 is 1.00 bits per heavy atom. The third kappa shape index (κ3) is 1.88. The summed E-state index contributed by atoms with van der Waals surface area (Å²) in [7, 11) is 0. The average molecular weight is 259 g/mol. The fourth-order valence-corrected chi connectivity index (χ4v) is 3.11. The fourth-order valence-electron chi connectivity index (χ4n) is 2.05. The van der Waals surface area contributed by atoms with Gasteiger partial charge in [-0.25, -0.2) is 0 Å². The zero-order chi connectivity index (χ0) is 12.5. The summed E-state index contributed by atoms with van der Waals surface area (Å²) in [5, 5.41) is 21.8. The van der Waals surface area contributed by atoms with Gasteiger partial charge in [-0.3, -0.25) is 0 Å². The molecule has 3 nitrogen and oxygen atoms in total. The van der Waals surface area contributed by atoms with Crippen molar-refractivity contribution in [2.45, 2.75) is 23.0 Å². The number of benzene rings is 2. The Morgan fingerprint density at radius 3 is 2.67 bits per heavy atom. The maximum absolute atomic E-state index is 9.35. The summed E-state index contributed by atoms with van der Waals surface area (Å²) in [6, 6.07) is 11.7. The Bertz CT molecular complexity index is 598. The van der Waals surface area contributed by atoms with Crippen LogP contribution in [0.2, 0.25) is 0 Å². The number of aliphatic hydroxyl groups is 2. The van der Waals surface area contributed by atoms with Gasteiger partial charge in [0.05, 0.1) is 24.6 Å². The van der Waals surface area contributed by atoms with Crippen LogP contribution in [0.1, 0.15) is 11.1 Å². The maximum Gasteiger partial charge on any atom is 0.0693 e. The molecule has 1 aliphatic rings. The van der Waals surface area contributed by atoms with E-state index in [0.717, 1.165) is 32.3 Å². The molecule has 2 aromatic rings.